The van der Waals surface area contributed by atoms with Gasteiger partial charge in [-0.2, -0.15) is 5.10 Å². The first-order chi connectivity index (χ1) is 8.34. The van der Waals surface area contributed by atoms with E-state index in [0.717, 1.165) is 11.3 Å². The molecule has 1 amide bonds. The molecular weight excluding hydrogens is 234 g/mol. The fraction of sp³-hybridized carbons (Fsp3) is 0.583. The Balaban J connectivity index is 2.77. The Bertz CT molecular complexity index is 440. The second-order valence-electron chi connectivity index (χ2n) is 4.73. The molecule has 0 radical (unpaired) electrons. The number of H-pyrrole nitrogens is 1. The highest BCUT2D eigenvalue weighted by Crippen LogP contribution is 2.12. The molecular formula is C12H19N3O3. The molecule has 0 aromatic carbocycles. The number of hydrogen-bond donors (Lipinski definition) is 2. The lowest BCUT2D eigenvalue weighted by molar-refractivity contribution is -0.150. The molecule has 1 aromatic rings. The van der Waals surface area contributed by atoms with Crippen LogP contribution >= 0.6 is 0 Å². The number of aromatic amines is 1. The summed E-state index contributed by atoms with van der Waals surface area (Å²) in [6.07, 6.45) is 1.75. The van der Waals surface area contributed by atoms with Crippen molar-refractivity contribution in [2.24, 2.45) is 5.92 Å². The molecule has 18 heavy (non-hydrogen) atoms. The van der Waals surface area contributed by atoms with Gasteiger partial charge in [-0.05, 0) is 12.8 Å². The van der Waals surface area contributed by atoms with Crippen molar-refractivity contribution in [3.8, 4) is 0 Å². The maximum atomic E-state index is 12.0. The van der Waals surface area contributed by atoms with Gasteiger partial charge in [0.25, 0.3) is 0 Å². The summed E-state index contributed by atoms with van der Waals surface area (Å²) in [5, 5.41) is 15.7. The number of carbonyl (C=O) groups excluding carboxylic acids is 1. The van der Waals surface area contributed by atoms with Crippen molar-refractivity contribution < 1.29 is 14.7 Å². The summed E-state index contributed by atoms with van der Waals surface area (Å²) >= 11 is 0. The molecule has 1 aromatic heterocycles. The van der Waals surface area contributed by atoms with Gasteiger partial charge in [-0.25, -0.2) is 4.79 Å². The average Bonchev–Trinajstić information content (AvgIpc) is 2.63. The van der Waals surface area contributed by atoms with Crippen LogP contribution in [0.1, 0.15) is 25.1 Å². The lowest BCUT2D eigenvalue weighted by Gasteiger charge is -2.27. The van der Waals surface area contributed by atoms with Crippen molar-refractivity contribution in [3.63, 3.8) is 0 Å². The number of aliphatic carboxylic acids is 1. The number of nitrogens with zero attached hydrogens (tertiary/aromatic N) is 2. The van der Waals surface area contributed by atoms with Crippen LogP contribution in [0.2, 0.25) is 0 Å². The van der Waals surface area contributed by atoms with Gasteiger partial charge in [0.1, 0.15) is 6.04 Å². The highest BCUT2D eigenvalue weighted by atomic mass is 16.4. The number of amides is 1. The molecule has 1 heterocycles. The summed E-state index contributed by atoms with van der Waals surface area (Å²) in [7, 11) is 1.52. The summed E-state index contributed by atoms with van der Waals surface area (Å²) in [4.78, 5) is 24.5. The Labute approximate surface area is 106 Å². The van der Waals surface area contributed by atoms with E-state index in [0.29, 0.717) is 0 Å². The smallest absolute Gasteiger partial charge is 0.326 e. The predicted octanol–water partition coefficient (Wildman–Crippen LogP) is 0.828. The van der Waals surface area contributed by atoms with Gasteiger partial charge in [-0.1, -0.05) is 13.8 Å². The Morgan fingerprint density at radius 3 is 2.50 bits per heavy atom. The summed E-state index contributed by atoms with van der Waals surface area (Å²) in [6.45, 7) is 5.39. The molecule has 1 unspecified atom stereocenters. The van der Waals surface area contributed by atoms with Gasteiger partial charge in [0.15, 0.2) is 0 Å². The minimum atomic E-state index is -0.982. The first-order valence-corrected chi connectivity index (χ1v) is 5.82. The number of rotatable bonds is 5. The van der Waals surface area contributed by atoms with Gasteiger partial charge in [0, 0.05) is 18.3 Å². The summed E-state index contributed by atoms with van der Waals surface area (Å²) in [5.74, 6) is -1.34. The maximum absolute atomic E-state index is 12.0. The molecule has 0 aliphatic carbocycles. The summed E-state index contributed by atoms with van der Waals surface area (Å²) < 4.78 is 0. The van der Waals surface area contributed by atoms with Crippen molar-refractivity contribution in [3.05, 3.63) is 17.5 Å². The zero-order valence-corrected chi connectivity index (χ0v) is 11.1. The number of likely N-dealkylation sites (N-methyl/N-ethyl adjacent to an activating group) is 1. The van der Waals surface area contributed by atoms with E-state index < -0.39 is 12.0 Å². The van der Waals surface area contributed by atoms with Crippen molar-refractivity contribution in [1.82, 2.24) is 15.1 Å². The largest absolute Gasteiger partial charge is 0.480 e. The van der Waals surface area contributed by atoms with Crippen molar-refractivity contribution in [1.29, 1.82) is 0 Å². The molecule has 0 saturated carbocycles. The summed E-state index contributed by atoms with van der Waals surface area (Å²) in [6, 6.07) is -0.801. The normalized spacial score (nSPS) is 12.5. The molecule has 0 aliphatic rings. The second-order valence-corrected chi connectivity index (χ2v) is 4.73. The van der Waals surface area contributed by atoms with Gasteiger partial charge < -0.3 is 10.0 Å². The van der Waals surface area contributed by atoms with Gasteiger partial charge in [0.2, 0.25) is 5.91 Å². The first-order valence-electron chi connectivity index (χ1n) is 5.82. The number of nitrogens with one attached hydrogen (secondary N) is 1. The van der Waals surface area contributed by atoms with E-state index in [9.17, 15) is 9.59 Å². The van der Waals surface area contributed by atoms with Gasteiger partial charge in [-0.3, -0.25) is 9.89 Å². The Morgan fingerprint density at radius 2 is 2.11 bits per heavy atom. The quantitative estimate of drug-likeness (QED) is 0.813. The predicted molar refractivity (Wildman–Crippen MR) is 66.1 cm³/mol. The molecule has 1 atom stereocenters. The lowest BCUT2D eigenvalue weighted by Crippen LogP contribution is -2.46. The number of aryl methyl sites for hydroxylation is 1. The molecule has 0 aliphatic heterocycles. The van der Waals surface area contributed by atoms with Crippen LogP contribution in [0.5, 0.6) is 0 Å². The standard InChI is InChI=1S/C12H19N3O3/c1-7(2)11(12(17)18)15(4)10(16)5-9-6-13-14-8(9)3/h6-7,11H,5H2,1-4H3,(H,13,14)(H,17,18). The van der Waals surface area contributed by atoms with E-state index in [-0.39, 0.29) is 18.2 Å². The third kappa shape index (κ3) is 3.09. The van der Waals surface area contributed by atoms with Crippen LogP contribution in [-0.4, -0.2) is 45.2 Å². The highest BCUT2D eigenvalue weighted by Gasteiger charge is 2.29. The number of hydrogen-bond acceptors (Lipinski definition) is 3. The second kappa shape index (κ2) is 5.66. The summed E-state index contributed by atoms with van der Waals surface area (Å²) in [5.41, 5.74) is 1.62. The topological polar surface area (TPSA) is 86.3 Å². The van der Waals surface area contributed by atoms with E-state index in [1.165, 1.54) is 11.9 Å². The third-order valence-corrected chi connectivity index (χ3v) is 2.97. The van der Waals surface area contributed by atoms with Crippen LogP contribution in [0, 0.1) is 12.8 Å². The highest BCUT2D eigenvalue weighted by molar-refractivity contribution is 5.85. The van der Waals surface area contributed by atoms with E-state index >= 15 is 0 Å². The fourth-order valence-electron chi connectivity index (χ4n) is 1.89. The minimum Gasteiger partial charge on any atom is -0.480 e. The molecule has 0 fully saturated rings. The maximum Gasteiger partial charge on any atom is 0.326 e. The van der Waals surface area contributed by atoms with Gasteiger partial charge >= 0.3 is 5.97 Å². The zero-order chi connectivity index (χ0) is 13.9. The molecule has 0 spiro atoms. The molecule has 0 saturated heterocycles. The molecule has 100 valence electrons. The van der Waals surface area contributed by atoms with Crippen molar-refractivity contribution in [2.75, 3.05) is 7.05 Å². The molecule has 0 bridgehead atoms. The van der Waals surface area contributed by atoms with Crippen LogP contribution < -0.4 is 0 Å². The Morgan fingerprint density at radius 1 is 1.50 bits per heavy atom. The Kier molecular flexibility index (Phi) is 4.47. The average molecular weight is 253 g/mol. The Hall–Kier alpha value is -1.85. The van der Waals surface area contributed by atoms with E-state index in [4.69, 9.17) is 5.11 Å². The van der Waals surface area contributed by atoms with Crippen LogP contribution in [0.4, 0.5) is 0 Å². The lowest BCUT2D eigenvalue weighted by atomic mass is 10.0. The van der Waals surface area contributed by atoms with E-state index in [1.54, 1.807) is 20.0 Å². The minimum absolute atomic E-state index is 0.137. The molecule has 2 N–H and O–H groups in total. The van der Waals surface area contributed by atoms with E-state index in [1.807, 2.05) is 6.92 Å². The van der Waals surface area contributed by atoms with Crippen molar-refractivity contribution in [2.45, 2.75) is 33.2 Å². The van der Waals surface area contributed by atoms with Gasteiger partial charge in [-0.15, -0.1) is 0 Å². The number of carboxylic acids is 1. The van der Waals surface area contributed by atoms with Crippen LogP contribution in [0.3, 0.4) is 0 Å². The van der Waals surface area contributed by atoms with Gasteiger partial charge in [0.05, 0.1) is 12.6 Å². The van der Waals surface area contributed by atoms with Crippen molar-refractivity contribution >= 4 is 11.9 Å². The van der Waals surface area contributed by atoms with Crippen LogP contribution in [0.15, 0.2) is 6.20 Å². The number of carbonyl (C=O) groups is 2. The third-order valence-electron chi connectivity index (χ3n) is 2.97. The molecule has 6 nitrogen and oxygen atoms in total. The molecule has 6 heteroatoms. The number of aromatic nitrogens is 2. The zero-order valence-electron chi connectivity index (χ0n) is 11.1. The number of carboxylic acid groups (broad SMARTS) is 1. The fourth-order valence-corrected chi connectivity index (χ4v) is 1.89. The van der Waals surface area contributed by atoms with Crippen LogP contribution in [0.25, 0.3) is 0 Å². The SMILES string of the molecule is Cc1[nH]ncc1CC(=O)N(C)C(C(=O)O)C(C)C. The molecule has 1 rings (SSSR count). The first kappa shape index (κ1) is 14.2. The monoisotopic (exact) mass is 253 g/mol. The van der Waals surface area contributed by atoms with E-state index in [2.05, 4.69) is 10.2 Å². The van der Waals surface area contributed by atoms with Crippen LogP contribution in [-0.2, 0) is 16.0 Å².